The van der Waals surface area contributed by atoms with Crippen LogP contribution in [0, 0.1) is 10.1 Å². The van der Waals surface area contributed by atoms with Crippen molar-refractivity contribution in [1.29, 1.82) is 0 Å². The third-order valence-electron chi connectivity index (χ3n) is 5.71. The maximum Gasteiger partial charge on any atom is 0.418 e. The highest BCUT2D eigenvalue weighted by Crippen LogP contribution is 2.41. The van der Waals surface area contributed by atoms with Crippen molar-refractivity contribution >= 4 is 49.6 Å². The zero-order chi connectivity index (χ0) is 24.5. The first-order chi connectivity index (χ1) is 16.2. The summed E-state index contributed by atoms with van der Waals surface area (Å²) < 4.78 is 42.7. The normalized spacial score (nSPS) is 15.0. The summed E-state index contributed by atoms with van der Waals surface area (Å²) >= 11 is 3.32. The Kier molecular flexibility index (Phi) is 6.91. The van der Waals surface area contributed by atoms with Gasteiger partial charge in [-0.25, -0.2) is 4.98 Å². The van der Waals surface area contributed by atoms with E-state index in [4.69, 9.17) is 5.11 Å². The SMILES string of the molecule is O=[N+]([O-])c1cnc2ccc(Br)cc2c1Nc1ccc(N2CCN(CCO)CC2)c(C(F)(F)F)c1. The molecule has 3 aromatic rings. The van der Waals surface area contributed by atoms with Gasteiger partial charge in [-0.05, 0) is 36.4 Å². The first kappa shape index (κ1) is 24.2. The largest absolute Gasteiger partial charge is 0.418 e. The van der Waals surface area contributed by atoms with E-state index < -0.39 is 16.7 Å². The number of fused-ring (bicyclic) bond motifs is 1. The average Bonchev–Trinajstić information content (AvgIpc) is 2.79. The van der Waals surface area contributed by atoms with Crippen LogP contribution in [0.1, 0.15) is 5.56 Å². The average molecular weight is 540 g/mol. The molecule has 1 aliphatic heterocycles. The third-order valence-corrected chi connectivity index (χ3v) is 6.20. The van der Waals surface area contributed by atoms with Gasteiger partial charge >= 0.3 is 11.9 Å². The maximum absolute atomic E-state index is 14.0. The van der Waals surface area contributed by atoms with E-state index in [1.807, 2.05) is 4.90 Å². The lowest BCUT2D eigenvalue weighted by molar-refractivity contribution is -0.384. The van der Waals surface area contributed by atoms with Crippen molar-refractivity contribution in [1.82, 2.24) is 9.88 Å². The van der Waals surface area contributed by atoms with E-state index in [0.717, 1.165) is 12.3 Å². The standard InChI is InChI=1S/C22H21BrF3N5O3/c23-14-1-3-18-16(11-14)21(20(13-27-18)31(33)34)28-15-2-4-19(17(12-15)22(24,25)26)30-7-5-29(6-8-30)9-10-32/h1-4,11-13,32H,5-10H2,(H,27,28). The Morgan fingerprint density at radius 3 is 2.53 bits per heavy atom. The van der Waals surface area contributed by atoms with Gasteiger partial charge < -0.3 is 15.3 Å². The fourth-order valence-electron chi connectivity index (χ4n) is 4.04. The summed E-state index contributed by atoms with van der Waals surface area (Å²) in [5.74, 6) is 0. The number of alkyl halides is 3. The molecule has 12 heteroatoms. The Labute approximate surface area is 201 Å². The minimum absolute atomic E-state index is 0.000559. The van der Waals surface area contributed by atoms with Crippen LogP contribution in [-0.2, 0) is 6.18 Å². The molecule has 0 radical (unpaired) electrons. The predicted octanol–water partition coefficient (Wildman–Crippen LogP) is 4.78. The molecule has 2 aromatic carbocycles. The van der Waals surface area contributed by atoms with Crippen LogP contribution >= 0.6 is 15.9 Å². The quantitative estimate of drug-likeness (QED) is 0.343. The number of benzene rings is 2. The minimum atomic E-state index is -4.62. The van der Waals surface area contributed by atoms with E-state index in [0.29, 0.717) is 48.1 Å². The third kappa shape index (κ3) is 5.08. The van der Waals surface area contributed by atoms with Crippen molar-refractivity contribution in [3.63, 3.8) is 0 Å². The summed E-state index contributed by atoms with van der Waals surface area (Å²) in [4.78, 5) is 18.7. The first-order valence-corrected chi connectivity index (χ1v) is 11.3. The molecule has 0 aliphatic carbocycles. The van der Waals surface area contributed by atoms with Crippen molar-refractivity contribution in [3.8, 4) is 0 Å². The van der Waals surface area contributed by atoms with Gasteiger partial charge in [0.2, 0.25) is 0 Å². The highest BCUT2D eigenvalue weighted by Gasteiger charge is 2.36. The van der Waals surface area contributed by atoms with Crippen LogP contribution in [0.2, 0.25) is 0 Å². The van der Waals surface area contributed by atoms with Crippen LogP contribution in [0.4, 0.5) is 35.9 Å². The van der Waals surface area contributed by atoms with Gasteiger partial charge in [0.15, 0.2) is 0 Å². The smallest absolute Gasteiger partial charge is 0.395 e. The number of hydrogen-bond acceptors (Lipinski definition) is 7. The van der Waals surface area contributed by atoms with Crippen molar-refractivity contribution < 1.29 is 23.2 Å². The molecule has 2 N–H and O–H groups in total. The number of piperazine rings is 1. The number of rotatable bonds is 6. The van der Waals surface area contributed by atoms with E-state index in [2.05, 4.69) is 26.2 Å². The molecule has 1 fully saturated rings. The lowest BCUT2D eigenvalue weighted by Gasteiger charge is -2.37. The van der Waals surface area contributed by atoms with Gasteiger partial charge in [0.25, 0.3) is 0 Å². The number of aliphatic hydroxyl groups excluding tert-OH is 1. The minimum Gasteiger partial charge on any atom is -0.395 e. The molecule has 4 rings (SSSR count). The number of anilines is 3. The number of pyridine rings is 1. The van der Waals surface area contributed by atoms with Gasteiger partial charge in [-0.15, -0.1) is 0 Å². The van der Waals surface area contributed by atoms with Gasteiger partial charge in [-0.2, -0.15) is 13.2 Å². The molecule has 34 heavy (non-hydrogen) atoms. The number of nitrogens with one attached hydrogen (secondary N) is 1. The van der Waals surface area contributed by atoms with Crippen molar-refractivity contribution in [2.45, 2.75) is 6.18 Å². The molecule has 8 nitrogen and oxygen atoms in total. The summed E-state index contributed by atoms with van der Waals surface area (Å²) in [6, 6.07) is 8.86. The van der Waals surface area contributed by atoms with Gasteiger partial charge in [-0.3, -0.25) is 15.0 Å². The zero-order valence-corrected chi connectivity index (χ0v) is 19.4. The summed E-state index contributed by atoms with van der Waals surface area (Å²) in [7, 11) is 0. The summed E-state index contributed by atoms with van der Waals surface area (Å²) in [5, 5.41) is 23.9. The fraction of sp³-hybridized carbons (Fsp3) is 0.318. The Hall–Kier alpha value is -2.96. The molecule has 1 aromatic heterocycles. The predicted molar refractivity (Wildman–Crippen MR) is 127 cm³/mol. The number of aliphatic hydroxyl groups is 1. The number of halogens is 4. The van der Waals surface area contributed by atoms with E-state index in [9.17, 15) is 23.3 Å². The zero-order valence-electron chi connectivity index (χ0n) is 17.8. The number of hydrogen-bond donors (Lipinski definition) is 2. The molecule has 2 heterocycles. The summed E-state index contributed by atoms with van der Waals surface area (Å²) in [6.45, 7) is 2.36. The Bertz CT molecular complexity index is 1220. The molecule has 0 atom stereocenters. The molecule has 0 spiro atoms. The number of nitrogens with zero attached hydrogens (tertiary/aromatic N) is 4. The maximum atomic E-state index is 14.0. The van der Waals surface area contributed by atoms with Crippen molar-refractivity contribution in [2.24, 2.45) is 0 Å². The van der Waals surface area contributed by atoms with Crippen LogP contribution in [-0.4, -0.2) is 59.2 Å². The van der Waals surface area contributed by atoms with E-state index in [1.54, 1.807) is 23.1 Å². The van der Waals surface area contributed by atoms with Gasteiger partial charge in [0, 0.05) is 54.0 Å². The Morgan fingerprint density at radius 2 is 1.88 bits per heavy atom. The van der Waals surface area contributed by atoms with Crippen LogP contribution in [0.3, 0.4) is 0 Å². The van der Waals surface area contributed by atoms with Gasteiger partial charge in [-0.1, -0.05) is 15.9 Å². The van der Waals surface area contributed by atoms with E-state index >= 15 is 0 Å². The van der Waals surface area contributed by atoms with E-state index in [1.165, 1.54) is 12.1 Å². The van der Waals surface area contributed by atoms with E-state index in [-0.39, 0.29) is 29.4 Å². The lowest BCUT2D eigenvalue weighted by atomic mass is 10.1. The van der Waals surface area contributed by atoms with Crippen molar-refractivity contribution in [2.75, 3.05) is 49.5 Å². The van der Waals surface area contributed by atoms with Crippen LogP contribution in [0.25, 0.3) is 10.9 Å². The first-order valence-electron chi connectivity index (χ1n) is 10.5. The molecule has 0 bridgehead atoms. The Morgan fingerprint density at radius 1 is 1.15 bits per heavy atom. The lowest BCUT2D eigenvalue weighted by Crippen LogP contribution is -2.47. The topological polar surface area (TPSA) is 94.8 Å². The second kappa shape index (κ2) is 9.72. The highest BCUT2D eigenvalue weighted by atomic mass is 79.9. The van der Waals surface area contributed by atoms with Crippen LogP contribution in [0.5, 0.6) is 0 Å². The monoisotopic (exact) mass is 539 g/mol. The van der Waals surface area contributed by atoms with Gasteiger partial charge in [0.1, 0.15) is 11.9 Å². The molecule has 1 aliphatic rings. The number of β-amino-alcohol motifs (C(OH)–C–C–N with tert-alkyl or cyclic N) is 1. The summed E-state index contributed by atoms with van der Waals surface area (Å²) in [6.07, 6.45) is -3.53. The molecule has 1 saturated heterocycles. The van der Waals surface area contributed by atoms with Gasteiger partial charge in [0.05, 0.1) is 22.6 Å². The van der Waals surface area contributed by atoms with Crippen LogP contribution < -0.4 is 10.2 Å². The number of nitro groups is 1. The highest BCUT2D eigenvalue weighted by molar-refractivity contribution is 9.10. The molecular weight excluding hydrogens is 519 g/mol. The fourth-order valence-corrected chi connectivity index (χ4v) is 4.40. The number of aromatic nitrogens is 1. The van der Waals surface area contributed by atoms with Crippen molar-refractivity contribution in [3.05, 3.63) is 62.7 Å². The Balaban J connectivity index is 1.72. The summed E-state index contributed by atoms with van der Waals surface area (Å²) in [5.41, 5.74) is -0.512. The molecule has 0 amide bonds. The molecule has 180 valence electrons. The second-order valence-corrected chi connectivity index (χ2v) is 8.76. The molecule has 0 saturated carbocycles. The molecular formula is C22H21BrF3N5O3. The second-order valence-electron chi connectivity index (χ2n) is 7.84. The molecule has 0 unspecified atom stereocenters. The van der Waals surface area contributed by atoms with Crippen LogP contribution in [0.15, 0.2) is 47.1 Å².